The molecule has 23 heavy (non-hydrogen) atoms. The minimum absolute atomic E-state index is 0.103. The number of benzene rings is 1. The minimum Gasteiger partial charge on any atom is -0.387 e. The molecule has 126 valence electrons. The van der Waals surface area contributed by atoms with Crippen LogP contribution in [0.15, 0.2) is 12.1 Å². The molecule has 1 aromatic heterocycles. The highest BCUT2D eigenvalue weighted by Crippen LogP contribution is 2.37. The summed E-state index contributed by atoms with van der Waals surface area (Å²) in [5.41, 5.74) is 1.07. The van der Waals surface area contributed by atoms with Gasteiger partial charge in [0.2, 0.25) is 5.28 Å². The Morgan fingerprint density at radius 1 is 1.22 bits per heavy atom. The average molecular weight is 382 g/mol. The number of aliphatic hydroxyl groups excluding tert-OH is 2. The molecule has 6 nitrogen and oxygen atoms in total. The van der Waals surface area contributed by atoms with Crippen LogP contribution >= 0.6 is 34.8 Å². The van der Waals surface area contributed by atoms with Crippen LogP contribution in [0.1, 0.15) is 13.2 Å². The summed E-state index contributed by atoms with van der Waals surface area (Å²) in [4.78, 5) is 4.19. The molecule has 9 heteroatoms. The van der Waals surface area contributed by atoms with Crippen LogP contribution in [0.3, 0.4) is 0 Å². The number of nitrogens with zero attached hydrogens (tertiary/aromatic N) is 2. The first-order valence-electron chi connectivity index (χ1n) is 7.05. The van der Waals surface area contributed by atoms with Crippen molar-refractivity contribution in [2.24, 2.45) is 0 Å². The Bertz CT molecular complexity index is 724. The normalized spacial score (nSPS) is 27.9. The molecule has 1 unspecified atom stereocenters. The molecule has 1 fully saturated rings. The average Bonchev–Trinajstić information content (AvgIpc) is 2.95. The molecule has 1 aliphatic rings. The Kier molecular flexibility index (Phi) is 5.04. The fourth-order valence-corrected chi connectivity index (χ4v) is 3.21. The van der Waals surface area contributed by atoms with Crippen LogP contribution in [0, 0.1) is 0 Å². The van der Waals surface area contributed by atoms with Gasteiger partial charge in [-0.15, -0.1) is 0 Å². The second-order valence-electron chi connectivity index (χ2n) is 5.21. The molecular formula is C14H15Cl3N2O4. The van der Waals surface area contributed by atoms with Gasteiger partial charge in [0.1, 0.15) is 18.3 Å². The van der Waals surface area contributed by atoms with Gasteiger partial charge in [0.05, 0.1) is 27.7 Å². The number of hydrogen-bond donors (Lipinski definition) is 2. The second-order valence-corrected chi connectivity index (χ2v) is 6.36. The molecule has 2 N–H and O–H groups in total. The van der Waals surface area contributed by atoms with Gasteiger partial charge in [0.15, 0.2) is 6.23 Å². The van der Waals surface area contributed by atoms with Crippen molar-refractivity contribution in [1.29, 1.82) is 0 Å². The lowest BCUT2D eigenvalue weighted by Crippen LogP contribution is -2.33. The van der Waals surface area contributed by atoms with E-state index in [0.717, 1.165) is 0 Å². The molecule has 2 heterocycles. The molecule has 0 spiro atoms. The number of fused-ring (bicyclic) bond motifs is 1. The molecule has 0 bridgehead atoms. The van der Waals surface area contributed by atoms with Crippen LogP contribution in [-0.4, -0.2) is 51.3 Å². The molecule has 0 radical (unpaired) electrons. The van der Waals surface area contributed by atoms with Gasteiger partial charge in [-0.25, -0.2) is 4.98 Å². The zero-order chi connectivity index (χ0) is 16.7. The van der Waals surface area contributed by atoms with Crippen LogP contribution in [-0.2, 0) is 9.47 Å². The van der Waals surface area contributed by atoms with Crippen LogP contribution in [0.4, 0.5) is 0 Å². The first kappa shape index (κ1) is 17.2. The van der Waals surface area contributed by atoms with E-state index in [1.54, 1.807) is 12.1 Å². The van der Waals surface area contributed by atoms with Crippen molar-refractivity contribution in [3.05, 3.63) is 27.5 Å². The Hall–Kier alpha value is -0.600. The van der Waals surface area contributed by atoms with Gasteiger partial charge in [0, 0.05) is 6.61 Å². The summed E-state index contributed by atoms with van der Waals surface area (Å²) >= 11 is 18.2. The highest BCUT2D eigenvalue weighted by atomic mass is 35.5. The van der Waals surface area contributed by atoms with E-state index >= 15 is 0 Å². The summed E-state index contributed by atoms with van der Waals surface area (Å²) in [6.45, 7) is 2.49. The molecule has 1 saturated heterocycles. The highest BCUT2D eigenvalue weighted by Gasteiger charge is 2.44. The predicted octanol–water partition coefficient (Wildman–Crippen LogP) is 2.65. The molecule has 0 amide bonds. The summed E-state index contributed by atoms with van der Waals surface area (Å²) in [6, 6.07) is 3.17. The third-order valence-corrected chi connectivity index (χ3v) is 4.76. The van der Waals surface area contributed by atoms with Gasteiger partial charge in [-0.1, -0.05) is 23.2 Å². The van der Waals surface area contributed by atoms with Crippen molar-refractivity contribution >= 4 is 45.8 Å². The van der Waals surface area contributed by atoms with E-state index in [2.05, 4.69) is 4.98 Å². The lowest BCUT2D eigenvalue weighted by molar-refractivity contribution is -0.0635. The summed E-state index contributed by atoms with van der Waals surface area (Å²) in [5.74, 6) is 0. The number of aromatic nitrogens is 2. The molecular weight excluding hydrogens is 367 g/mol. The van der Waals surface area contributed by atoms with Crippen molar-refractivity contribution in [3.8, 4) is 0 Å². The fourth-order valence-electron chi connectivity index (χ4n) is 2.62. The summed E-state index contributed by atoms with van der Waals surface area (Å²) in [5, 5.41) is 21.2. The molecule has 4 atom stereocenters. The smallest absolute Gasteiger partial charge is 0.206 e. The Morgan fingerprint density at radius 2 is 1.91 bits per heavy atom. The van der Waals surface area contributed by atoms with Crippen LogP contribution < -0.4 is 0 Å². The van der Waals surface area contributed by atoms with Gasteiger partial charge < -0.3 is 19.7 Å². The Labute approximate surface area is 147 Å². The van der Waals surface area contributed by atoms with Crippen LogP contribution in [0.5, 0.6) is 0 Å². The summed E-state index contributed by atoms with van der Waals surface area (Å²) in [7, 11) is 0. The number of aliphatic hydroxyl groups is 2. The summed E-state index contributed by atoms with van der Waals surface area (Å²) < 4.78 is 12.5. The van der Waals surface area contributed by atoms with Crippen molar-refractivity contribution in [2.75, 3.05) is 13.2 Å². The monoisotopic (exact) mass is 380 g/mol. The van der Waals surface area contributed by atoms with Crippen LogP contribution in [0.25, 0.3) is 11.0 Å². The number of halogens is 3. The number of rotatable bonds is 4. The standard InChI is InChI=1S/C14H15Cl3N2O4/c1-2-22-5-10-11(20)12(21)13(23-10)19-9-4-7(16)6(15)3-8(9)18-14(19)17/h3-4,10-13,20-21H,2,5H2,1H3/t10-,11-,12-,13?/m1/s1. The third kappa shape index (κ3) is 3.05. The SMILES string of the molecule is CCOC[C@H]1OC(n2c(Cl)nc3cc(Cl)c(Cl)cc32)[C@H](O)[C@@H]1O. The maximum Gasteiger partial charge on any atom is 0.206 e. The van der Waals surface area contributed by atoms with Gasteiger partial charge in [-0.05, 0) is 30.7 Å². The Balaban J connectivity index is 1.99. The van der Waals surface area contributed by atoms with Crippen LogP contribution in [0.2, 0.25) is 15.3 Å². The first-order chi connectivity index (χ1) is 10.9. The molecule has 3 rings (SSSR count). The summed E-state index contributed by atoms with van der Waals surface area (Å²) in [6.07, 6.45) is -3.83. The van der Waals surface area contributed by atoms with Crippen molar-refractivity contribution < 1.29 is 19.7 Å². The second kappa shape index (κ2) is 6.72. The maximum absolute atomic E-state index is 10.3. The van der Waals surface area contributed by atoms with Crippen molar-refractivity contribution in [2.45, 2.75) is 31.5 Å². The van der Waals surface area contributed by atoms with Gasteiger partial charge in [-0.2, -0.15) is 0 Å². The molecule has 0 aliphatic carbocycles. The predicted molar refractivity (Wildman–Crippen MR) is 87.2 cm³/mol. The first-order valence-corrected chi connectivity index (χ1v) is 8.19. The molecule has 1 aliphatic heterocycles. The quantitative estimate of drug-likeness (QED) is 0.851. The maximum atomic E-state index is 10.3. The van der Waals surface area contributed by atoms with E-state index in [1.165, 1.54) is 4.57 Å². The van der Waals surface area contributed by atoms with Crippen molar-refractivity contribution in [1.82, 2.24) is 9.55 Å². The highest BCUT2D eigenvalue weighted by molar-refractivity contribution is 6.42. The molecule has 0 saturated carbocycles. The molecule has 1 aromatic carbocycles. The number of hydrogen-bond acceptors (Lipinski definition) is 5. The van der Waals surface area contributed by atoms with E-state index in [4.69, 9.17) is 44.3 Å². The topological polar surface area (TPSA) is 76.7 Å². The lowest BCUT2D eigenvalue weighted by Gasteiger charge is -2.18. The third-order valence-electron chi connectivity index (χ3n) is 3.77. The van der Waals surface area contributed by atoms with Gasteiger partial charge in [0.25, 0.3) is 0 Å². The molecule has 2 aromatic rings. The largest absolute Gasteiger partial charge is 0.387 e. The number of imidazole rings is 1. The lowest BCUT2D eigenvalue weighted by atomic mass is 10.1. The van der Waals surface area contributed by atoms with E-state index in [-0.39, 0.29) is 11.9 Å². The van der Waals surface area contributed by atoms with E-state index in [1.807, 2.05) is 6.92 Å². The fraction of sp³-hybridized carbons (Fsp3) is 0.500. The Morgan fingerprint density at radius 3 is 2.61 bits per heavy atom. The van der Waals surface area contributed by atoms with Gasteiger partial charge in [-0.3, -0.25) is 4.57 Å². The number of ether oxygens (including phenoxy) is 2. The minimum atomic E-state index is -1.18. The van der Waals surface area contributed by atoms with E-state index in [0.29, 0.717) is 27.7 Å². The van der Waals surface area contributed by atoms with E-state index < -0.39 is 24.5 Å². The zero-order valence-corrected chi connectivity index (χ0v) is 14.4. The zero-order valence-electron chi connectivity index (χ0n) is 12.1. The van der Waals surface area contributed by atoms with E-state index in [9.17, 15) is 10.2 Å². The van der Waals surface area contributed by atoms with Crippen molar-refractivity contribution in [3.63, 3.8) is 0 Å². The van der Waals surface area contributed by atoms with Gasteiger partial charge >= 0.3 is 0 Å².